The van der Waals surface area contributed by atoms with Crippen LogP contribution in [-0.4, -0.2) is 11.6 Å². The minimum Gasteiger partial charge on any atom is -0.300 e. The zero-order valence-electron chi connectivity index (χ0n) is 9.03. The maximum Gasteiger partial charge on any atom is 0.159 e. The SMILES string of the molecule is CC(=O)c1ccccc1.O=C1CCCC1. The maximum absolute atomic E-state index is 10.6. The van der Waals surface area contributed by atoms with Crippen LogP contribution >= 0.6 is 0 Å². The van der Waals surface area contributed by atoms with Crippen molar-refractivity contribution in [3.63, 3.8) is 0 Å². The Morgan fingerprint density at radius 3 is 1.87 bits per heavy atom. The molecule has 0 aromatic heterocycles. The average molecular weight is 204 g/mol. The Labute approximate surface area is 90.3 Å². The van der Waals surface area contributed by atoms with Crippen LogP contribution in [0.1, 0.15) is 43.0 Å². The van der Waals surface area contributed by atoms with Crippen molar-refractivity contribution in [1.82, 2.24) is 0 Å². The summed E-state index contributed by atoms with van der Waals surface area (Å²) in [6.07, 6.45) is 3.97. The van der Waals surface area contributed by atoms with E-state index in [2.05, 4.69) is 0 Å². The fourth-order valence-electron chi connectivity index (χ4n) is 1.44. The Morgan fingerprint density at radius 1 is 1.07 bits per heavy atom. The predicted molar refractivity (Wildman–Crippen MR) is 59.9 cm³/mol. The fourth-order valence-corrected chi connectivity index (χ4v) is 1.44. The van der Waals surface area contributed by atoms with Crippen molar-refractivity contribution in [3.05, 3.63) is 35.9 Å². The second kappa shape index (κ2) is 6.12. The lowest BCUT2D eigenvalue weighted by Gasteiger charge is -1.89. The highest BCUT2D eigenvalue weighted by Gasteiger charge is 2.07. The second-order valence-corrected chi connectivity index (χ2v) is 3.67. The normalized spacial score (nSPS) is 14.3. The van der Waals surface area contributed by atoms with E-state index in [-0.39, 0.29) is 5.78 Å². The van der Waals surface area contributed by atoms with Gasteiger partial charge in [-0.2, -0.15) is 0 Å². The first kappa shape index (κ1) is 11.6. The highest BCUT2D eigenvalue weighted by molar-refractivity contribution is 5.93. The first-order valence-corrected chi connectivity index (χ1v) is 5.28. The number of hydrogen-bond donors (Lipinski definition) is 0. The molecule has 0 amide bonds. The zero-order chi connectivity index (χ0) is 11.1. The number of hydrogen-bond acceptors (Lipinski definition) is 2. The van der Waals surface area contributed by atoms with Gasteiger partial charge >= 0.3 is 0 Å². The van der Waals surface area contributed by atoms with Gasteiger partial charge in [-0.05, 0) is 19.8 Å². The molecule has 0 N–H and O–H groups in total. The third-order valence-corrected chi connectivity index (χ3v) is 2.34. The molecular formula is C13H16O2. The van der Waals surface area contributed by atoms with E-state index in [0.717, 1.165) is 31.2 Å². The molecule has 15 heavy (non-hydrogen) atoms. The minimum atomic E-state index is 0.121. The quantitative estimate of drug-likeness (QED) is 0.659. The molecule has 2 heteroatoms. The van der Waals surface area contributed by atoms with Crippen LogP contribution in [0, 0.1) is 0 Å². The van der Waals surface area contributed by atoms with Crippen LogP contribution in [-0.2, 0) is 4.79 Å². The summed E-state index contributed by atoms with van der Waals surface area (Å²) in [7, 11) is 0. The molecule has 1 fully saturated rings. The summed E-state index contributed by atoms with van der Waals surface area (Å²) in [6, 6.07) is 9.23. The van der Waals surface area contributed by atoms with E-state index in [1.54, 1.807) is 6.92 Å². The lowest BCUT2D eigenvalue weighted by Crippen LogP contribution is -1.88. The molecule has 0 heterocycles. The first-order chi connectivity index (χ1) is 7.20. The van der Waals surface area contributed by atoms with Crippen molar-refractivity contribution in [2.24, 2.45) is 0 Å². The largest absolute Gasteiger partial charge is 0.300 e. The Balaban J connectivity index is 0.000000162. The van der Waals surface area contributed by atoms with Gasteiger partial charge in [-0.25, -0.2) is 0 Å². The summed E-state index contributed by atoms with van der Waals surface area (Å²) < 4.78 is 0. The van der Waals surface area contributed by atoms with Crippen LogP contribution in [0.5, 0.6) is 0 Å². The van der Waals surface area contributed by atoms with Crippen molar-refractivity contribution in [3.8, 4) is 0 Å². The Bertz CT molecular complexity index is 320. The highest BCUT2D eigenvalue weighted by atomic mass is 16.1. The van der Waals surface area contributed by atoms with Crippen molar-refractivity contribution in [1.29, 1.82) is 0 Å². The summed E-state index contributed by atoms with van der Waals surface area (Å²) in [6.45, 7) is 1.56. The maximum atomic E-state index is 10.6. The van der Waals surface area contributed by atoms with Gasteiger partial charge in [0.25, 0.3) is 0 Å². The van der Waals surface area contributed by atoms with E-state index < -0.39 is 0 Å². The van der Waals surface area contributed by atoms with E-state index in [0.29, 0.717) is 5.78 Å². The van der Waals surface area contributed by atoms with Crippen LogP contribution in [0.3, 0.4) is 0 Å². The van der Waals surface area contributed by atoms with Gasteiger partial charge in [0.2, 0.25) is 0 Å². The molecule has 1 aliphatic rings. The van der Waals surface area contributed by atoms with Crippen LogP contribution in [0.25, 0.3) is 0 Å². The van der Waals surface area contributed by atoms with E-state index in [9.17, 15) is 9.59 Å². The lowest BCUT2D eigenvalue weighted by molar-refractivity contribution is -0.117. The Morgan fingerprint density at radius 2 is 1.60 bits per heavy atom. The molecular weight excluding hydrogens is 188 g/mol. The molecule has 0 radical (unpaired) electrons. The van der Waals surface area contributed by atoms with Crippen LogP contribution in [0.4, 0.5) is 0 Å². The molecule has 0 atom stereocenters. The van der Waals surface area contributed by atoms with E-state index in [1.165, 1.54) is 0 Å². The molecule has 80 valence electrons. The van der Waals surface area contributed by atoms with E-state index in [4.69, 9.17) is 0 Å². The summed E-state index contributed by atoms with van der Waals surface area (Å²) in [5, 5.41) is 0. The number of Topliss-reactive ketones (excluding diaryl/α,β-unsaturated/α-hetero) is 2. The monoisotopic (exact) mass is 204 g/mol. The van der Waals surface area contributed by atoms with Gasteiger partial charge in [-0.3, -0.25) is 9.59 Å². The molecule has 0 saturated heterocycles. The Kier molecular flexibility index (Phi) is 4.75. The fraction of sp³-hybridized carbons (Fsp3) is 0.385. The van der Waals surface area contributed by atoms with Crippen LogP contribution in [0.15, 0.2) is 30.3 Å². The molecule has 0 aliphatic heterocycles. The summed E-state index contributed by atoms with van der Waals surface area (Å²) in [5.41, 5.74) is 0.775. The zero-order valence-corrected chi connectivity index (χ0v) is 9.03. The van der Waals surface area contributed by atoms with Crippen molar-refractivity contribution >= 4 is 11.6 Å². The van der Waals surface area contributed by atoms with Gasteiger partial charge in [-0.1, -0.05) is 30.3 Å². The van der Waals surface area contributed by atoms with Crippen LogP contribution < -0.4 is 0 Å². The number of benzene rings is 1. The van der Waals surface area contributed by atoms with Crippen molar-refractivity contribution < 1.29 is 9.59 Å². The molecule has 0 spiro atoms. The van der Waals surface area contributed by atoms with Gasteiger partial charge in [0, 0.05) is 18.4 Å². The molecule has 0 bridgehead atoms. The molecule has 1 aromatic rings. The second-order valence-electron chi connectivity index (χ2n) is 3.67. The van der Waals surface area contributed by atoms with Gasteiger partial charge in [0.05, 0.1) is 0 Å². The number of ketones is 2. The third-order valence-electron chi connectivity index (χ3n) is 2.34. The molecule has 1 aromatic carbocycles. The topological polar surface area (TPSA) is 34.1 Å². The standard InChI is InChI=1S/C8H8O.C5H8O/c1-7(9)8-5-3-2-4-6-8;6-5-3-1-2-4-5/h2-6H,1H3;1-4H2. The Hall–Kier alpha value is -1.44. The predicted octanol–water partition coefficient (Wildman–Crippen LogP) is 3.02. The lowest BCUT2D eigenvalue weighted by atomic mass is 10.2. The van der Waals surface area contributed by atoms with Gasteiger partial charge in [0.15, 0.2) is 5.78 Å². The number of carbonyl (C=O) groups excluding carboxylic acids is 2. The summed E-state index contributed by atoms with van der Waals surface area (Å²) in [5.74, 6) is 0.575. The van der Waals surface area contributed by atoms with Gasteiger partial charge in [-0.15, -0.1) is 0 Å². The molecule has 0 unspecified atom stereocenters. The third kappa shape index (κ3) is 4.54. The first-order valence-electron chi connectivity index (χ1n) is 5.28. The van der Waals surface area contributed by atoms with Crippen molar-refractivity contribution in [2.45, 2.75) is 32.6 Å². The van der Waals surface area contributed by atoms with E-state index >= 15 is 0 Å². The molecule has 2 rings (SSSR count). The van der Waals surface area contributed by atoms with Gasteiger partial charge in [0.1, 0.15) is 5.78 Å². The van der Waals surface area contributed by atoms with Crippen molar-refractivity contribution in [2.75, 3.05) is 0 Å². The number of carbonyl (C=O) groups is 2. The average Bonchev–Trinajstić information content (AvgIpc) is 2.71. The highest BCUT2D eigenvalue weighted by Crippen LogP contribution is 2.11. The smallest absolute Gasteiger partial charge is 0.159 e. The summed E-state index contributed by atoms with van der Waals surface area (Å²) >= 11 is 0. The van der Waals surface area contributed by atoms with Gasteiger partial charge < -0.3 is 0 Å². The summed E-state index contributed by atoms with van der Waals surface area (Å²) in [4.78, 5) is 20.9. The molecule has 1 saturated carbocycles. The van der Waals surface area contributed by atoms with Crippen LogP contribution in [0.2, 0.25) is 0 Å². The molecule has 2 nitrogen and oxygen atoms in total. The van der Waals surface area contributed by atoms with E-state index in [1.807, 2.05) is 30.3 Å². The molecule has 1 aliphatic carbocycles. The number of rotatable bonds is 1. The minimum absolute atomic E-state index is 0.121.